The summed E-state index contributed by atoms with van der Waals surface area (Å²) in [7, 11) is 1.26. The molecule has 0 radical (unpaired) electrons. The molecule has 2 N–H and O–H groups in total. The number of furan rings is 1. The number of esters is 2. The Morgan fingerprint density at radius 3 is 2.66 bits per heavy atom. The molecule has 0 amide bonds. The molecule has 1 aromatic carbocycles. The highest BCUT2D eigenvalue weighted by molar-refractivity contribution is 6.04. The number of benzene rings is 1. The summed E-state index contributed by atoms with van der Waals surface area (Å²) in [5, 5.41) is 10.2. The third kappa shape index (κ3) is 3.87. The third-order valence-electron chi connectivity index (χ3n) is 4.72. The van der Waals surface area contributed by atoms with Crippen LogP contribution in [0.15, 0.2) is 28.9 Å². The molecule has 29 heavy (non-hydrogen) atoms. The van der Waals surface area contributed by atoms with Gasteiger partial charge >= 0.3 is 11.9 Å². The number of ketones is 1. The topological polar surface area (TPSA) is 119 Å². The molecule has 0 aliphatic carbocycles. The van der Waals surface area contributed by atoms with Crippen molar-refractivity contribution in [3.05, 3.63) is 52.5 Å². The van der Waals surface area contributed by atoms with Gasteiger partial charge in [0.25, 0.3) is 0 Å². The number of phenols is 1. The number of aromatic nitrogens is 1. The number of carbonyl (C=O) groups is 3. The molecule has 8 nitrogen and oxygen atoms in total. The second kappa shape index (κ2) is 7.83. The number of hydrogen-bond acceptors (Lipinski definition) is 7. The largest absolute Gasteiger partial charge is 0.508 e. The van der Waals surface area contributed by atoms with Gasteiger partial charge in [-0.1, -0.05) is 0 Å². The highest BCUT2D eigenvalue weighted by atomic mass is 16.5. The van der Waals surface area contributed by atoms with Crippen LogP contribution in [0.5, 0.6) is 5.75 Å². The summed E-state index contributed by atoms with van der Waals surface area (Å²) < 4.78 is 15.4. The van der Waals surface area contributed by atoms with Crippen LogP contribution in [0.25, 0.3) is 11.0 Å². The first-order valence-corrected chi connectivity index (χ1v) is 8.93. The summed E-state index contributed by atoms with van der Waals surface area (Å²) >= 11 is 0. The van der Waals surface area contributed by atoms with Gasteiger partial charge in [0.05, 0.1) is 31.1 Å². The van der Waals surface area contributed by atoms with Gasteiger partial charge in [0.1, 0.15) is 11.3 Å². The molecule has 152 valence electrons. The van der Waals surface area contributed by atoms with E-state index >= 15 is 0 Å². The number of Topliss-reactive ketones (excluding diaryl/α,β-unsaturated/α-hetero) is 1. The second-order valence-corrected chi connectivity index (χ2v) is 6.73. The zero-order valence-electron chi connectivity index (χ0n) is 16.5. The Kier molecular flexibility index (Phi) is 5.45. The number of hydrogen-bond donors (Lipinski definition) is 2. The fraction of sp³-hybridized carbons (Fsp3) is 0.286. The summed E-state index contributed by atoms with van der Waals surface area (Å²) in [6.07, 6.45) is 0.275. The van der Waals surface area contributed by atoms with Crippen LogP contribution in [-0.2, 0) is 20.7 Å². The lowest BCUT2D eigenvalue weighted by Crippen LogP contribution is -2.26. The van der Waals surface area contributed by atoms with Crippen LogP contribution < -0.4 is 0 Å². The monoisotopic (exact) mass is 399 g/mol. The van der Waals surface area contributed by atoms with Crippen LogP contribution in [0.2, 0.25) is 0 Å². The Labute approximate surface area is 166 Å². The number of aromatic amines is 1. The number of nitrogens with one attached hydrogen (secondary N) is 1. The molecule has 2 heterocycles. The number of methoxy groups -OCH3 is 1. The zero-order valence-corrected chi connectivity index (χ0v) is 16.5. The average molecular weight is 399 g/mol. The maximum atomic E-state index is 12.7. The van der Waals surface area contributed by atoms with Crippen molar-refractivity contribution in [2.24, 2.45) is 0 Å². The van der Waals surface area contributed by atoms with E-state index in [1.54, 1.807) is 19.9 Å². The Balaban J connectivity index is 1.72. The second-order valence-electron chi connectivity index (χ2n) is 6.73. The van der Waals surface area contributed by atoms with Crippen molar-refractivity contribution in [1.29, 1.82) is 0 Å². The minimum atomic E-state index is -1.05. The van der Waals surface area contributed by atoms with Crippen LogP contribution in [0.4, 0.5) is 0 Å². The van der Waals surface area contributed by atoms with Crippen molar-refractivity contribution in [2.45, 2.75) is 33.3 Å². The zero-order chi connectivity index (χ0) is 21.3. The number of fused-ring (bicyclic) bond motifs is 1. The van der Waals surface area contributed by atoms with E-state index in [0.29, 0.717) is 33.4 Å². The van der Waals surface area contributed by atoms with Gasteiger partial charge in [-0.3, -0.25) is 9.59 Å². The Morgan fingerprint density at radius 1 is 1.24 bits per heavy atom. The predicted octanol–water partition coefficient (Wildman–Crippen LogP) is 3.23. The first-order valence-electron chi connectivity index (χ1n) is 8.93. The van der Waals surface area contributed by atoms with Crippen LogP contribution >= 0.6 is 0 Å². The molecule has 2 aromatic heterocycles. The third-order valence-corrected chi connectivity index (χ3v) is 4.72. The van der Waals surface area contributed by atoms with Crippen LogP contribution in [0.3, 0.4) is 0 Å². The number of ether oxygens (including phenoxy) is 2. The van der Waals surface area contributed by atoms with Gasteiger partial charge in [-0.05, 0) is 38.5 Å². The van der Waals surface area contributed by atoms with Crippen LogP contribution in [0, 0.1) is 13.8 Å². The van der Waals surface area contributed by atoms with Gasteiger partial charge in [-0.15, -0.1) is 0 Å². The summed E-state index contributed by atoms with van der Waals surface area (Å²) in [6.45, 7) is 4.76. The van der Waals surface area contributed by atoms with E-state index in [1.807, 2.05) is 0 Å². The van der Waals surface area contributed by atoms with Gasteiger partial charge in [0, 0.05) is 22.7 Å². The Bertz CT molecular complexity index is 1110. The van der Waals surface area contributed by atoms with Crippen molar-refractivity contribution in [3.8, 4) is 5.75 Å². The fourth-order valence-electron chi connectivity index (χ4n) is 3.26. The number of aromatic hydroxyl groups is 1. The quantitative estimate of drug-likeness (QED) is 0.482. The molecular weight excluding hydrogens is 378 g/mol. The van der Waals surface area contributed by atoms with Crippen molar-refractivity contribution in [3.63, 3.8) is 0 Å². The van der Waals surface area contributed by atoms with E-state index in [4.69, 9.17) is 13.9 Å². The van der Waals surface area contributed by atoms with Gasteiger partial charge < -0.3 is 24.0 Å². The molecule has 0 unspecified atom stereocenters. The molecular formula is C21H21NO7. The lowest BCUT2D eigenvalue weighted by molar-refractivity contribution is -0.145. The van der Waals surface area contributed by atoms with Crippen molar-refractivity contribution >= 4 is 28.7 Å². The van der Waals surface area contributed by atoms with Gasteiger partial charge in [-0.25, -0.2) is 4.79 Å². The van der Waals surface area contributed by atoms with E-state index in [2.05, 4.69) is 4.98 Å². The number of aryl methyl sites for hydroxylation is 1. The van der Waals surface area contributed by atoms with Gasteiger partial charge in [-0.2, -0.15) is 0 Å². The highest BCUT2D eigenvalue weighted by Gasteiger charge is 2.27. The number of rotatable bonds is 6. The minimum absolute atomic E-state index is 0.0585. The van der Waals surface area contributed by atoms with Crippen molar-refractivity contribution in [1.82, 2.24) is 4.98 Å². The number of carbonyl (C=O) groups excluding carboxylic acids is 3. The molecule has 0 spiro atoms. The highest BCUT2D eigenvalue weighted by Crippen LogP contribution is 2.26. The van der Waals surface area contributed by atoms with E-state index in [-0.39, 0.29) is 17.9 Å². The molecule has 0 saturated heterocycles. The summed E-state index contributed by atoms with van der Waals surface area (Å²) in [5.74, 6) is -1.53. The number of H-pyrrole nitrogens is 1. The predicted molar refractivity (Wildman–Crippen MR) is 103 cm³/mol. The van der Waals surface area contributed by atoms with Crippen molar-refractivity contribution < 1.29 is 33.4 Å². The molecule has 0 aliphatic rings. The molecule has 0 fully saturated rings. The molecule has 8 heteroatoms. The smallest absolute Gasteiger partial charge is 0.339 e. The standard InChI is InChI=1S/C21H21NO7/c1-10-18(21(26)27-4)11(2)22-19(10)20(25)12(3)29-17(24)7-13-9-28-16-8-14(23)5-6-15(13)16/h5-6,8-9,12,22-23H,7H2,1-4H3/t12-/m1/s1. The van der Waals surface area contributed by atoms with E-state index in [9.17, 15) is 19.5 Å². The summed E-state index contributed by atoms with van der Waals surface area (Å²) in [6, 6.07) is 4.59. The molecule has 0 saturated carbocycles. The maximum absolute atomic E-state index is 12.7. The SMILES string of the molecule is COC(=O)c1c(C)[nH]c(C(=O)[C@@H](C)OC(=O)Cc2coc3cc(O)ccc23)c1C. The molecule has 3 aromatic rings. The first-order chi connectivity index (χ1) is 13.7. The van der Waals surface area contributed by atoms with E-state index < -0.39 is 23.8 Å². The molecule has 3 rings (SSSR count). The van der Waals surface area contributed by atoms with Crippen molar-refractivity contribution in [2.75, 3.05) is 7.11 Å². The van der Waals surface area contributed by atoms with Crippen LogP contribution in [-0.4, -0.2) is 41.0 Å². The molecule has 0 aliphatic heterocycles. The normalized spacial score (nSPS) is 12.0. The molecule has 1 atom stereocenters. The minimum Gasteiger partial charge on any atom is -0.508 e. The van der Waals surface area contributed by atoms with Crippen LogP contribution in [0.1, 0.15) is 44.6 Å². The van der Waals surface area contributed by atoms with E-state index in [0.717, 1.165) is 0 Å². The number of phenolic OH excluding ortho intramolecular Hbond substituents is 1. The van der Waals surface area contributed by atoms with Gasteiger partial charge in [0.15, 0.2) is 6.10 Å². The van der Waals surface area contributed by atoms with Gasteiger partial charge in [0.2, 0.25) is 5.78 Å². The Hall–Kier alpha value is -3.55. The molecule has 0 bridgehead atoms. The average Bonchev–Trinajstić information content (AvgIpc) is 3.20. The first kappa shape index (κ1) is 20.2. The maximum Gasteiger partial charge on any atom is 0.339 e. The lowest BCUT2D eigenvalue weighted by Gasteiger charge is -2.12. The lowest BCUT2D eigenvalue weighted by atomic mass is 10.1. The summed E-state index contributed by atoms with van der Waals surface area (Å²) in [4.78, 5) is 39.8. The summed E-state index contributed by atoms with van der Waals surface area (Å²) in [5.41, 5.74) is 2.48. The Morgan fingerprint density at radius 2 is 1.97 bits per heavy atom. The van der Waals surface area contributed by atoms with E-state index in [1.165, 1.54) is 32.4 Å². The fourth-order valence-corrected chi connectivity index (χ4v) is 3.26.